The summed E-state index contributed by atoms with van der Waals surface area (Å²) in [5.74, 6) is -0.585. The Morgan fingerprint density at radius 2 is 2.06 bits per heavy atom. The number of amides is 2. The Morgan fingerprint density at radius 3 is 2.50 bits per heavy atom. The number of oxime groups is 1. The molecule has 5 N–H and O–H groups in total. The molecule has 0 aromatic heterocycles. The summed E-state index contributed by atoms with van der Waals surface area (Å²) >= 11 is 0. The van der Waals surface area contributed by atoms with Gasteiger partial charge in [-0.05, 0) is 0 Å². The SMILES string of the molecule is CC(CNC(=O)NCC(F)(F)F)C(N)=NO. The van der Waals surface area contributed by atoms with E-state index in [0.717, 1.165) is 0 Å². The maximum atomic E-state index is 11.7. The van der Waals surface area contributed by atoms with Crippen molar-refractivity contribution < 1.29 is 23.2 Å². The highest BCUT2D eigenvalue weighted by atomic mass is 19.4. The number of carbonyl (C=O) groups excluding carboxylic acids is 1. The largest absolute Gasteiger partial charge is 0.409 e. The summed E-state index contributed by atoms with van der Waals surface area (Å²) in [5.41, 5.74) is 5.19. The molecule has 2 amide bonds. The number of nitrogens with two attached hydrogens (primary N) is 1. The van der Waals surface area contributed by atoms with E-state index in [9.17, 15) is 18.0 Å². The first-order valence-corrected chi connectivity index (χ1v) is 4.32. The van der Waals surface area contributed by atoms with E-state index in [-0.39, 0.29) is 12.4 Å². The minimum atomic E-state index is -4.45. The number of carbonyl (C=O) groups is 1. The van der Waals surface area contributed by atoms with Crippen LogP contribution in [0.15, 0.2) is 5.16 Å². The van der Waals surface area contributed by atoms with E-state index in [0.29, 0.717) is 0 Å². The lowest BCUT2D eigenvalue weighted by Crippen LogP contribution is -2.43. The molecular formula is C7H13F3N4O2. The summed E-state index contributed by atoms with van der Waals surface area (Å²) in [4.78, 5) is 10.8. The molecule has 0 saturated carbocycles. The standard InChI is InChI=1S/C7H13F3N4O2/c1-4(5(11)14-16)2-12-6(15)13-3-7(8,9)10/h4,16H,2-3H2,1H3,(H2,11,14)(H2,12,13,15). The number of nitrogens with one attached hydrogen (secondary N) is 2. The number of amidine groups is 1. The van der Waals surface area contributed by atoms with Gasteiger partial charge in [0.25, 0.3) is 0 Å². The summed E-state index contributed by atoms with van der Waals surface area (Å²) < 4.78 is 35.0. The summed E-state index contributed by atoms with van der Waals surface area (Å²) in [7, 11) is 0. The number of rotatable bonds is 4. The van der Waals surface area contributed by atoms with Crippen LogP contribution in [0, 0.1) is 5.92 Å². The Bertz CT molecular complexity index is 267. The second-order valence-electron chi connectivity index (χ2n) is 3.10. The Morgan fingerprint density at radius 1 is 1.50 bits per heavy atom. The van der Waals surface area contributed by atoms with Crippen molar-refractivity contribution in [3.05, 3.63) is 0 Å². The fourth-order valence-corrected chi connectivity index (χ4v) is 0.692. The number of hydrogen-bond donors (Lipinski definition) is 4. The highest BCUT2D eigenvalue weighted by Crippen LogP contribution is 2.11. The molecule has 0 aliphatic carbocycles. The summed E-state index contributed by atoms with van der Waals surface area (Å²) in [6.45, 7) is 0.107. The van der Waals surface area contributed by atoms with Crippen LogP contribution in [-0.2, 0) is 0 Å². The second-order valence-corrected chi connectivity index (χ2v) is 3.10. The van der Waals surface area contributed by atoms with E-state index in [1.807, 2.05) is 0 Å². The quantitative estimate of drug-likeness (QED) is 0.246. The van der Waals surface area contributed by atoms with Crippen molar-refractivity contribution in [1.82, 2.24) is 10.6 Å². The van der Waals surface area contributed by atoms with Gasteiger partial charge in [0, 0.05) is 12.5 Å². The molecule has 94 valence electrons. The third-order valence-corrected chi connectivity index (χ3v) is 1.64. The molecular weight excluding hydrogens is 229 g/mol. The molecule has 0 saturated heterocycles. The zero-order valence-electron chi connectivity index (χ0n) is 8.51. The van der Waals surface area contributed by atoms with Crippen molar-refractivity contribution in [1.29, 1.82) is 0 Å². The lowest BCUT2D eigenvalue weighted by atomic mass is 10.1. The van der Waals surface area contributed by atoms with Crippen molar-refractivity contribution in [3.63, 3.8) is 0 Å². The maximum absolute atomic E-state index is 11.7. The fraction of sp³-hybridized carbons (Fsp3) is 0.714. The van der Waals surface area contributed by atoms with Crippen LogP contribution in [0.4, 0.5) is 18.0 Å². The molecule has 9 heteroatoms. The van der Waals surface area contributed by atoms with E-state index in [4.69, 9.17) is 10.9 Å². The average molecular weight is 242 g/mol. The summed E-state index contributed by atoms with van der Waals surface area (Å²) in [5, 5.41) is 14.7. The van der Waals surface area contributed by atoms with Crippen LogP contribution < -0.4 is 16.4 Å². The van der Waals surface area contributed by atoms with E-state index in [1.54, 1.807) is 12.2 Å². The molecule has 16 heavy (non-hydrogen) atoms. The van der Waals surface area contributed by atoms with Gasteiger partial charge in [0.1, 0.15) is 12.4 Å². The van der Waals surface area contributed by atoms with Crippen LogP contribution in [0.5, 0.6) is 0 Å². The fourth-order valence-electron chi connectivity index (χ4n) is 0.692. The number of halogens is 3. The van der Waals surface area contributed by atoms with Gasteiger partial charge in [-0.3, -0.25) is 0 Å². The van der Waals surface area contributed by atoms with Crippen LogP contribution in [-0.4, -0.2) is 36.3 Å². The highest BCUT2D eigenvalue weighted by Gasteiger charge is 2.27. The van der Waals surface area contributed by atoms with Gasteiger partial charge in [-0.15, -0.1) is 0 Å². The van der Waals surface area contributed by atoms with E-state index in [1.165, 1.54) is 0 Å². The first kappa shape index (κ1) is 14.3. The van der Waals surface area contributed by atoms with Gasteiger partial charge >= 0.3 is 12.2 Å². The Balaban J connectivity index is 3.82. The number of hydrogen-bond acceptors (Lipinski definition) is 3. The molecule has 1 unspecified atom stereocenters. The molecule has 1 atom stereocenters. The van der Waals surface area contributed by atoms with E-state index in [2.05, 4.69) is 10.5 Å². The van der Waals surface area contributed by atoms with Gasteiger partial charge in [-0.2, -0.15) is 13.2 Å². The maximum Gasteiger partial charge on any atom is 0.405 e. The highest BCUT2D eigenvalue weighted by molar-refractivity contribution is 5.83. The molecule has 0 aromatic rings. The van der Waals surface area contributed by atoms with Crippen molar-refractivity contribution in [2.24, 2.45) is 16.8 Å². The first-order chi connectivity index (χ1) is 7.26. The van der Waals surface area contributed by atoms with Gasteiger partial charge < -0.3 is 21.6 Å². The Kier molecular flexibility index (Phi) is 5.40. The van der Waals surface area contributed by atoms with Gasteiger partial charge in [-0.1, -0.05) is 12.1 Å². The number of nitrogens with zero attached hydrogens (tertiary/aromatic N) is 1. The normalized spacial score (nSPS) is 14.4. The third-order valence-electron chi connectivity index (χ3n) is 1.64. The van der Waals surface area contributed by atoms with Crippen LogP contribution >= 0.6 is 0 Å². The second kappa shape index (κ2) is 6.03. The molecule has 6 nitrogen and oxygen atoms in total. The van der Waals surface area contributed by atoms with Crippen LogP contribution in [0.3, 0.4) is 0 Å². The monoisotopic (exact) mass is 242 g/mol. The van der Waals surface area contributed by atoms with Gasteiger partial charge in [0.05, 0.1) is 0 Å². The lowest BCUT2D eigenvalue weighted by molar-refractivity contribution is -0.122. The lowest BCUT2D eigenvalue weighted by Gasteiger charge is -2.12. The molecule has 0 radical (unpaired) electrons. The number of alkyl halides is 3. The minimum absolute atomic E-state index is 0.0282. The predicted molar refractivity (Wildman–Crippen MR) is 50.0 cm³/mol. The Labute approximate surface area is 89.7 Å². The average Bonchev–Trinajstić information content (AvgIpc) is 2.20. The zero-order valence-corrected chi connectivity index (χ0v) is 8.51. The third kappa shape index (κ3) is 6.74. The molecule has 0 spiro atoms. The smallest absolute Gasteiger partial charge is 0.405 e. The van der Waals surface area contributed by atoms with E-state index < -0.39 is 24.7 Å². The van der Waals surface area contributed by atoms with Crippen molar-refractivity contribution in [3.8, 4) is 0 Å². The zero-order chi connectivity index (χ0) is 12.8. The molecule has 0 bridgehead atoms. The Hall–Kier alpha value is -1.67. The summed E-state index contributed by atoms with van der Waals surface area (Å²) in [6, 6.07) is -0.963. The first-order valence-electron chi connectivity index (χ1n) is 4.32. The molecule has 0 rings (SSSR count). The van der Waals surface area contributed by atoms with Gasteiger partial charge in [0.15, 0.2) is 0 Å². The van der Waals surface area contributed by atoms with Crippen LogP contribution in [0.1, 0.15) is 6.92 Å². The molecule has 0 aliphatic rings. The minimum Gasteiger partial charge on any atom is -0.409 e. The van der Waals surface area contributed by atoms with Crippen molar-refractivity contribution in [2.45, 2.75) is 13.1 Å². The molecule has 0 aromatic carbocycles. The summed E-state index contributed by atoms with van der Waals surface area (Å²) in [6.07, 6.45) is -4.45. The van der Waals surface area contributed by atoms with Crippen molar-refractivity contribution in [2.75, 3.05) is 13.1 Å². The van der Waals surface area contributed by atoms with Gasteiger partial charge in [-0.25, -0.2) is 4.79 Å². The molecule has 0 fully saturated rings. The van der Waals surface area contributed by atoms with E-state index >= 15 is 0 Å². The topological polar surface area (TPSA) is 99.7 Å². The van der Waals surface area contributed by atoms with Gasteiger partial charge in [0.2, 0.25) is 0 Å². The predicted octanol–water partition coefficient (Wildman–Crippen LogP) is 0.230. The van der Waals surface area contributed by atoms with Crippen molar-refractivity contribution >= 4 is 11.9 Å². The number of urea groups is 1. The molecule has 0 aliphatic heterocycles. The van der Waals surface area contributed by atoms with Crippen LogP contribution in [0.25, 0.3) is 0 Å². The van der Waals surface area contributed by atoms with Crippen LogP contribution in [0.2, 0.25) is 0 Å². The molecule has 0 heterocycles.